The molecule has 0 fully saturated rings. The molecule has 0 atom stereocenters. The van der Waals surface area contributed by atoms with Crippen LogP contribution in [-0.4, -0.2) is 12.5 Å². The van der Waals surface area contributed by atoms with Gasteiger partial charge in [0.1, 0.15) is 0 Å². The Hall–Kier alpha value is -2.35. The van der Waals surface area contributed by atoms with Crippen LogP contribution in [0, 0.1) is 0 Å². The van der Waals surface area contributed by atoms with Gasteiger partial charge in [-0.05, 0) is 41.2 Å². The SMILES string of the molecule is CC(C)c1ccc(C=CC(=O)N2CCc3ccccc32)cc1. The molecule has 0 saturated carbocycles. The Labute approximate surface area is 132 Å². The van der Waals surface area contributed by atoms with Crippen molar-refractivity contribution in [3.63, 3.8) is 0 Å². The molecule has 0 aliphatic carbocycles. The molecule has 0 unspecified atom stereocenters. The van der Waals surface area contributed by atoms with Crippen LogP contribution in [0.1, 0.15) is 36.5 Å². The predicted octanol–water partition coefficient (Wildman–Crippen LogP) is 4.41. The van der Waals surface area contributed by atoms with Crippen LogP contribution in [0.25, 0.3) is 6.08 Å². The third-order valence-electron chi connectivity index (χ3n) is 4.17. The first-order valence-corrected chi connectivity index (χ1v) is 7.82. The minimum atomic E-state index is 0.0536. The largest absolute Gasteiger partial charge is 0.308 e. The highest BCUT2D eigenvalue weighted by Gasteiger charge is 2.22. The smallest absolute Gasteiger partial charge is 0.251 e. The molecule has 2 nitrogen and oxygen atoms in total. The van der Waals surface area contributed by atoms with Gasteiger partial charge in [-0.15, -0.1) is 0 Å². The Kier molecular flexibility index (Phi) is 4.10. The Morgan fingerprint density at radius 3 is 2.55 bits per heavy atom. The van der Waals surface area contributed by atoms with Crippen molar-refractivity contribution in [2.75, 3.05) is 11.4 Å². The highest BCUT2D eigenvalue weighted by atomic mass is 16.2. The number of fused-ring (bicyclic) bond motifs is 1. The summed E-state index contributed by atoms with van der Waals surface area (Å²) >= 11 is 0. The predicted molar refractivity (Wildman–Crippen MR) is 92.1 cm³/mol. The summed E-state index contributed by atoms with van der Waals surface area (Å²) in [7, 11) is 0. The topological polar surface area (TPSA) is 20.3 Å². The highest BCUT2D eigenvalue weighted by molar-refractivity contribution is 6.05. The van der Waals surface area contributed by atoms with E-state index in [1.807, 2.05) is 29.2 Å². The molecule has 0 N–H and O–H groups in total. The second kappa shape index (κ2) is 6.18. The van der Waals surface area contributed by atoms with Gasteiger partial charge in [-0.3, -0.25) is 4.79 Å². The van der Waals surface area contributed by atoms with Gasteiger partial charge in [-0.2, -0.15) is 0 Å². The number of benzene rings is 2. The molecule has 2 heteroatoms. The molecule has 0 aromatic heterocycles. The molecule has 112 valence electrons. The highest BCUT2D eigenvalue weighted by Crippen LogP contribution is 2.27. The van der Waals surface area contributed by atoms with E-state index in [2.05, 4.69) is 44.2 Å². The van der Waals surface area contributed by atoms with Crippen LogP contribution in [0.4, 0.5) is 5.69 Å². The van der Waals surface area contributed by atoms with E-state index < -0.39 is 0 Å². The summed E-state index contributed by atoms with van der Waals surface area (Å²) in [5, 5.41) is 0. The quantitative estimate of drug-likeness (QED) is 0.767. The van der Waals surface area contributed by atoms with Crippen LogP contribution in [0.5, 0.6) is 0 Å². The number of hydrogen-bond donors (Lipinski definition) is 0. The summed E-state index contributed by atoms with van der Waals surface area (Å²) in [6.45, 7) is 5.13. The minimum absolute atomic E-state index is 0.0536. The van der Waals surface area contributed by atoms with Crippen molar-refractivity contribution in [3.8, 4) is 0 Å². The maximum Gasteiger partial charge on any atom is 0.251 e. The van der Waals surface area contributed by atoms with E-state index in [1.54, 1.807) is 6.08 Å². The van der Waals surface area contributed by atoms with E-state index in [0.29, 0.717) is 5.92 Å². The number of nitrogens with zero attached hydrogens (tertiary/aromatic N) is 1. The molecule has 0 radical (unpaired) electrons. The van der Waals surface area contributed by atoms with Crippen molar-refractivity contribution in [2.24, 2.45) is 0 Å². The number of carbonyl (C=O) groups excluding carboxylic acids is 1. The lowest BCUT2D eigenvalue weighted by molar-refractivity contribution is -0.114. The molecule has 1 aliphatic heterocycles. The first-order valence-electron chi connectivity index (χ1n) is 7.82. The van der Waals surface area contributed by atoms with Crippen molar-refractivity contribution in [1.29, 1.82) is 0 Å². The summed E-state index contributed by atoms with van der Waals surface area (Å²) in [4.78, 5) is 14.3. The fourth-order valence-corrected chi connectivity index (χ4v) is 2.82. The van der Waals surface area contributed by atoms with Crippen molar-refractivity contribution in [2.45, 2.75) is 26.2 Å². The summed E-state index contributed by atoms with van der Waals surface area (Å²) in [5.41, 5.74) is 4.68. The van der Waals surface area contributed by atoms with E-state index in [0.717, 1.165) is 24.2 Å². The van der Waals surface area contributed by atoms with E-state index in [4.69, 9.17) is 0 Å². The van der Waals surface area contributed by atoms with Gasteiger partial charge in [0, 0.05) is 18.3 Å². The van der Waals surface area contributed by atoms with Crippen molar-refractivity contribution >= 4 is 17.7 Å². The molecule has 2 aromatic rings. The van der Waals surface area contributed by atoms with Gasteiger partial charge in [0.2, 0.25) is 0 Å². The Balaban J connectivity index is 1.72. The van der Waals surface area contributed by atoms with Crippen molar-refractivity contribution in [3.05, 3.63) is 71.3 Å². The second-order valence-corrected chi connectivity index (χ2v) is 6.02. The van der Waals surface area contributed by atoms with Crippen LogP contribution < -0.4 is 4.90 Å². The maximum atomic E-state index is 12.4. The maximum absolute atomic E-state index is 12.4. The second-order valence-electron chi connectivity index (χ2n) is 6.02. The molecule has 1 heterocycles. The third-order valence-corrected chi connectivity index (χ3v) is 4.17. The lowest BCUT2D eigenvalue weighted by Crippen LogP contribution is -2.26. The summed E-state index contributed by atoms with van der Waals surface area (Å²) in [5.74, 6) is 0.582. The standard InChI is InChI=1S/C20H21NO/c1-15(2)17-10-7-16(8-11-17)9-12-20(22)21-14-13-18-5-3-4-6-19(18)21/h3-12,15H,13-14H2,1-2H3. The molecular formula is C20H21NO. The van der Waals surface area contributed by atoms with Gasteiger partial charge in [-0.25, -0.2) is 0 Å². The normalized spacial score (nSPS) is 13.9. The fourth-order valence-electron chi connectivity index (χ4n) is 2.82. The first kappa shape index (κ1) is 14.6. The molecular weight excluding hydrogens is 270 g/mol. The molecule has 0 spiro atoms. The van der Waals surface area contributed by atoms with E-state index in [-0.39, 0.29) is 5.91 Å². The van der Waals surface area contributed by atoms with Crippen LogP contribution in [-0.2, 0) is 11.2 Å². The Bertz CT molecular complexity index is 698. The molecule has 1 amide bonds. The summed E-state index contributed by atoms with van der Waals surface area (Å²) in [6.07, 6.45) is 4.51. The average molecular weight is 291 g/mol. The number of hydrogen-bond acceptors (Lipinski definition) is 1. The van der Waals surface area contributed by atoms with Crippen LogP contribution >= 0.6 is 0 Å². The van der Waals surface area contributed by atoms with Crippen molar-refractivity contribution < 1.29 is 4.79 Å². The lowest BCUT2D eigenvalue weighted by atomic mass is 10.0. The summed E-state index contributed by atoms with van der Waals surface area (Å²) in [6, 6.07) is 16.5. The number of rotatable bonds is 3. The monoisotopic (exact) mass is 291 g/mol. The zero-order valence-corrected chi connectivity index (χ0v) is 13.1. The molecule has 3 rings (SSSR count). The van der Waals surface area contributed by atoms with Gasteiger partial charge in [0.15, 0.2) is 0 Å². The van der Waals surface area contributed by atoms with Crippen LogP contribution in [0.2, 0.25) is 0 Å². The molecule has 2 aromatic carbocycles. The first-order chi connectivity index (χ1) is 10.6. The number of para-hydroxylation sites is 1. The van der Waals surface area contributed by atoms with Crippen LogP contribution in [0.15, 0.2) is 54.6 Å². The van der Waals surface area contributed by atoms with Gasteiger partial charge in [-0.1, -0.05) is 56.3 Å². The minimum Gasteiger partial charge on any atom is -0.308 e. The average Bonchev–Trinajstić information content (AvgIpc) is 2.97. The van der Waals surface area contributed by atoms with Crippen molar-refractivity contribution in [1.82, 2.24) is 0 Å². The molecule has 0 saturated heterocycles. The Morgan fingerprint density at radius 2 is 1.82 bits per heavy atom. The summed E-state index contributed by atoms with van der Waals surface area (Å²) < 4.78 is 0. The van der Waals surface area contributed by atoms with Crippen LogP contribution in [0.3, 0.4) is 0 Å². The number of carbonyl (C=O) groups is 1. The van der Waals surface area contributed by atoms with Gasteiger partial charge in [0.05, 0.1) is 0 Å². The zero-order valence-electron chi connectivity index (χ0n) is 13.1. The molecule has 0 bridgehead atoms. The number of anilines is 1. The molecule has 1 aliphatic rings. The van der Waals surface area contributed by atoms with Gasteiger partial charge < -0.3 is 4.90 Å². The van der Waals surface area contributed by atoms with Gasteiger partial charge >= 0.3 is 0 Å². The van der Waals surface area contributed by atoms with E-state index in [9.17, 15) is 4.79 Å². The van der Waals surface area contributed by atoms with Gasteiger partial charge in [0.25, 0.3) is 5.91 Å². The fraction of sp³-hybridized carbons (Fsp3) is 0.250. The zero-order chi connectivity index (χ0) is 15.5. The third kappa shape index (κ3) is 2.96. The Morgan fingerprint density at radius 1 is 1.09 bits per heavy atom. The molecule has 22 heavy (non-hydrogen) atoms. The van der Waals surface area contributed by atoms with E-state index in [1.165, 1.54) is 11.1 Å². The number of amides is 1. The lowest BCUT2D eigenvalue weighted by Gasteiger charge is -2.14. The van der Waals surface area contributed by atoms with E-state index >= 15 is 0 Å².